The smallest absolute Gasteiger partial charge is 0.168 e. The topological polar surface area (TPSA) is 69.0 Å². The van der Waals surface area contributed by atoms with Crippen LogP contribution in [-0.2, 0) is 23.3 Å². The third-order valence-corrected chi connectivity index (χ3v) is 5.03. The van der Waals surface area contributed by atoms with E-state index in [-0.39, 0.29) is 11.7 Å². The Labute approximate surface area is 101 Å². The molecule has 1 saturated heterocycles. The SMILES string of the molecule is Cn1nc(CC2CCCS(=O)(=O)C2)cc1C=O. The summed E-state index contributed by atoms with van der Waals surface area (Å²) in [6.45, 7) is 0. The van der Waals surface area contributed by atoms with Gasteiger partial charge in [0.2, 0.25) is 0 Å². The maximum atomic E-state index is 11.5. The van der Waals surface area contributed by atoms with Crippen LogP contribution in [0.3, 0.4) is 0 Å². The highest BCUT2D eigenvalue weighted by molar-refractivity contribution is 7.91. The molecule has 2 rings (SSSR count). The lowest BCUT2D eigenvalue weighted by atomic mass is 9.99. The monoisotopic (exact) mass is 256 g/mol. The van der Waals surface area contributed by atoms with Gasteiger partial charge in [-0.3, -0.25) is 9.48 Å². The summed E-state index contributed by atoms with van der Waals surface area (Å²) in [5.74, 6) is 0.703. The zero-order valence-corrected chi connectivity index (χ0v) is 10.6. The summed E-state index contributed by atoms with van der Waals surface area (Å²) < 4.78 is 24.5. The molecule has 1 aromatic heterocycles. The van der Waals surface area contributed by atoms with Crippen molar-refractivity contribution < 1.29 is 13.2 Å². The van der Waals surface area contributed by atoms with E-state index in [1.54, 1.807) is 13.1 Å². The highest BCUT2D eigenvalue weighted by Gasteiger charge is 2.25. The molecular weight excluding hydrogens is 240 g/mol. The first-order valence-corrected chi connectivity index (χ1v) is 7.51. The van der Waals surface area contributed by atoms with Gasteiger partial charge >= 0.3 is 0 Å². The van der Waals surface area contributed by atoms with Crippen molar-refractivity contribution in [1.82, 2.24) is 9.78 Å². The summed E-state index contributed by atoms with van der Waals surface area (Å²) in [5.41, 5.74) is 1.33. The molecule has 2 heterocycles. The number of aryl methyl sites for hydroxylation is 1. The summed E-state index contributed by atoms with van der Waals surface area (Å²) >= 11 is 0. The molecule has 94 valence electrons. The highest BCUT2D eigenvalue weighted by Crippen LogP contribution is 2.21. The summed E-state index contributed by atoms with van der Waals surface area (Å²) in [7, 11) is -1.15. The van der Waals surface area contributed by atoms with E-state index < -0.39 is 9.84 Å². The fourth-order valence-electron chi connectivity index (χ4n) is 2.33. The van der Waals surface area contributed by atoms with E-state index in [2.05, 4.69) is 5.10 Å². The van der Waals surface area contributed by atoms with Gasteiger partial charge in [0.25, 0.3) is 0 Å². The molecule has 5 nitrogen and oxygen atoms in total. The molecule has 1 aliphatic rings. The maximum Gasteiger partial charge on any atom is 0.168 e. The maximum absolute atomic E-state index is 11.5. The number of rotatable bonds is 3. The Morgan fingerprint density at radius 1 is 1.59 bits per heavy atom. The molecule has 1 aliphatic heterocycles. The van der Waals surface area contributed by atoms with Crippen LogP contribution < -0.4 is 0 Å². The molecule has 0 bridgehead atoms. The molecule has 0 N–H and O–H groups in total. The van der Waals surface area contributed by atoms with Gasteiger partial charge in [0.05, 0.1) is 17.2 Å². The Hall–Kier alpha value is -1.17. The predicted molar refractivity (Wildman–Crippen MR) is 63.7 cm³/mol. The summed E-state index contributed by atoms with van der Waals surface area (Å²) in [6, 6.07) is 1.73. The Kier molecular flexibility index (Phi) is 3.33. The Morgan fingerprint density at radius 2 is 2.35 bits per heavy atom. The lowest BCUT2D eigenvalue weighted by Crippen LogP contribution is -2.26. The minimum Gasteiger partial charge on any atom is -0.296 e. The number of nitrogens with zero attached hydrogens (tertiary/aromatic N) is 2. The normalized spacial score (nSPS) is 23.5. The van der Waals surface area contributed by atoms with Crippen LogP contribution in [0, 0.1) is 5.92 Å². The van der Waals surface area contributed by atoms with Crippen LogP contribution in [0.4, 0.5) is 0 Å². The molecule has 1 aromatic rings. The van der Waals surface area contributed by atoms with Crippen molar-refractivity contribution in [2.45, 2.75) is 19.3 Å². The van der Waals surface area contributed by atoms with Crippen LogP contribution in [0.1, 0.15) is 29.0 Å². The summed E-state index contributed by atoms with van der Waals surface area (Å²) in [6.07, 6.45) is 3.06. The van der Waals surface area contributed by atoms with Crippen molar-refractivity contribution in [2.75, 3.05) is 11.5 Å². The van der Waals surface area contributed by atoms with Crippen LogP contribution in [0.2, 0.25) is 0 Å². The molecule has 0 amide bonds. The summed E-state index contributed by atoms with van der Waals surface area (Å²) in [4.78, 5) is 10.7. The van der Waals surface area contributed by atoms with Crippen molar-refractivity contribution in [3.8, 4) is 0 Å². The lowest BCUT2D eigenvalue weighted by molar-refractivity contribution is 0.111. The third kappa shape index (κ3) is 2.94. The zero-order valence-electron chi connectivity index (χ0n) is 9.80. The predicted octanol–water partition coefficient (Wildman–Crippen LogP) is 0.600. The molecule has 0 spiro atoms. The van der Waals surface area contributed by atoms with E-state index in [1.165, 1.54) is 4.68 Å². The highest BCUT2D eigenvalue weighted by atomic mass is 32.2. The second-order valence-corrected chi connectivity index (χ2v) is 6.86. The number of aromatic nitrogens is 2. The van der Waals surface area contributed by atoms with Gasteiger partial charge in [-0.15, -0.1) is 0 Å². The number of sulfone groups is 1. The van der Waals surface area contributed by atoms with E-state index in [9.17, 15) is 13.2 Å². The van der Waals surface area contributed by atoms with Gasteiger partial charge in [0.15, 0.2) is 16.1 Å². The second kappa shape index (κ2) is 4.60. The van der Waals surface area contributed by atoms with Crippen molar-refractivity contribution in [3.05, 3.63) is 17.5 Å². The van der Waals surface area contributed by atoms with E-state index in [0.29, 0.717) is 17.9 Å². The van der Waals surface area contributed by atoms with Gasteiger partial charge < -0.3 is 0 Å². The standard InChI is InChI=1S/C11H16N2O3S/c1-13-11(7-14)6-10(12-13)5-9-3-2-4-17(15,16)8-9/h6-7,9H,2-5,8H2,1H3. The van der Waals surface area contributed by atoms with Crippen LogP contribution >= 0.6 is 0 Å². The third-order valence-electron chi connectivity index (χ3n) is 3.14. The van der Waals surface area contributed by atoms with Gasteiger partial charge in [-0.2, -0.15) is 5.10 Å². The molecular formula is C11H16N2O3S. The first kappa shape index (κ1) is 12.3. The molecule has 0 saturated carbocycles. The van der Waals surface area contributed by atoms with Crippen LogP contribution in [0.5, 0.6) is 0 Å². The van der Waals surface area contributed by atoms with Crippen molar-refractivity contribution >= 4 is 16.1 Å². The molecule has 1 fully saturated rings. The zero-order chi connectivity index (χ0) is 12.5. The molecule has 0 radical (unpaired) electrons. The van der Waals surface area contributed by atoms with Crippen LogP contribution in [0.15, 0.2) is 6.07 Å². The first-order valence-electron chi connectivity index (χ1n) is 5.69. The average molecular weight is 256 g/mol. The first-order chi connectivity index (χ1) is 8.00. The number of aldehydes is 1. The van der Waals surface area contributed by atoms with E-state index in [0.717, 1.165) is 24.8 Å². The van der Waals surface area contributed by atoms with Gasteiger partial charge in [-0.25, -0.2) is 8.42 Å². The fraction of sp³-hybridized carbons (Fsp3) is 0.636. The Balaban J connectivity index is 2.07. The Bertz CT molecular complexity index is 519. The van der Waals surface area contributed by atoms with Crippen molar-refractivity contribution in [1.29, 1.82) is 0 Å². The molecule has 1 unspecified atom stereocenters. The fourth-order valence-corrected chi connectivity index (χ4v) is 4.10. The molecule has 0 aromatic carbocycles. The molecule has 1 atom stereocenters. The van der Waals surface area contributed by atoms with Gasteiger partial charge in [-0.05, 0) is 31.2 Å². The lowest BCUT2D eigenvalue weighted by Gasteiger charge is -2.20. The Morgan fingerprint density at radius 3 is 2.94 bits per heavy atom. The van der Waals surface area contributed by atoms with E-state index in [4.69, 9.17) is 0 Å². The molecule has 6 heteroatoms. The summed E-state index contributed by atoms with van der Waals surface area (Å²) in [5, 5.41) is 4.21. The minimum absolute atomic E-state index is 0.142. The number of hydrogen-bond acceptors (Lipinski definition) is 4. The van der Waals surface area contributed by atoms with E-state index in [1.807, 2.05) is 0 Å². The minimum atomic E-state index is -2.87. The quantitative estimate of drug-likeness (QED) is 0.743. The molecule has 0 aliphatic carbocycles. The number of carbonyl (C=O) groups excluding carboxylic acids is 1. The van der Waals surface area contributed by atoms with Gasteiger partial charge in [0.1, 0.15) is 5.69 Å². The van der Waals surface area contributed by atoms with Crippen LogP contribution in [-0.4, -0.2) is 36.0 Å². The number of carbonyl (C=O) groups is 1. The number of hydrogen-bond donors (Lipinski definition) is 0. The van der Waals surface area contributed by atoms with E-state index >= 15 is 0 Å². The van der Waals surface area contributed by atoms with Crippen LogP contribution in [0.25, 0.3) is 0 Å². The van der Waals surface area contributed by atoms with Crippen molar-refractivity contribution in [2.24, 2.45) is 13.0 Å². The second-order valence-electron chi connectivity index (χ2n) is 4.63. The van der Waals surface area contributed by atoms with Gasteiger partial charge in [-0.1, -0.05) is 0 Å². The average Bonchev–Trinajstić information content (AvgIpc) is 2.57. The van der Waals surface area contributed by atoms with Crippen molar-refractivity contribution in [3.63, 3.8) is 0 Å². The largest absolute Gasteiger partial charge is 0.296 e. The van der Waals surface area contributed by atoms with Gasteiger partial charge in [0, 0.05) is 7.05 Å². The molecule has 17 heavy (non-hydrogen) atoms.